The van der Waals surface area contributed by atoms with E-state index in [0.29, 0.717) is 6.04 Å². The van der Waals surface area contributed by atoms with Crippen molar-refractivity contribution in [1.29, 1.82) is 0 Å². The molecule has 32 heavy (non-hydrogen) atoms. The summed E-state index contributed by atoms with van der Waals surface area (Å²) in [6, 6.07) is 11.4. The molecule has 1 aliphatic rings. The molecular formula is C24H34N6O2. The number of aliphatic imine (C=N–C) groups is 1. The Balaban J connectivity index is 1.40. The second-order valence-corrected chi connectivity index (χ2v) is 8.24. The Hall–Kier alpha value is -3.16. The molecule has 2 aromatic rings. The second-order valence-electron chi connectivity index (χ2n) is 8.24. The lowest BCUT2D eigenvalue weighted by Crippen LogP contribution is -2.49. The van der Waals surface area contributed by atoms with Crippen molar-refractivity contribution in [3.8, 4) is 0 Å². The first kappa shape index (κ1) is 23.5. The highest BCUT2D eigenvalue weighted by atomic mass is 16.6. The van der Waals surface area contributed by atoms with E-state index in [1.807, 2.05) is 18.3 Å². The summed E-state index contributed by atoms with van der Waals surface area (Å²) < 4.78 is 0. The van der Waals surface area contributed by atoms with Gasteiger partial charge in [0.2, 0.25) is 0 Å². The van der Waals surface area contributed by atoms with Gasteiger partial charge in [-0.05, 0) is 63.1 Å². The van der Waals surface area contributed by atoms with Gasteiger partial charge in [0.25, 0.3) is 5.69 Å². The molecule has 1 aromatic carbocycles. The number of hydrogen-bond donors (Lipinski definition) is 2. The maximum absolute atomic E-state index is 10.7. The largest absolute Gasteiger partial charge is 0.357 e. The van der Waals surface area contributed by atoms with E-state index < -0.39 is 0 Å². The van der Waals surface area contributed by atoms with Crippen molar-refractivity contribution in [1.82, 2.24) is 15.6 Å². The minimum absolute atomic E-state index is 0.140. The van der Waals surface area contributed by atoms with Crippen LogP contribution in [0.15, 0.2) is 47.6 Å². The normalized spacial score (nSPS) is 14.9. The Morgan fingerprint density at radius 3 is 2.56 bits per heavy atom. The van der Waals surface area contributed by atoms with Crippen LogP contribution in [0.2, 0.25) is 0 Å². The molecule has 3 rings (SSSR count). The number of anilines is 1. The third kappa shape index (κ3) is 7.21. The molecule has 0 amide bonds. The molecule has 1 aromatic heterocycles. The Labute approximate surface area is 190 Å². The third-order valence-electron chi connectivity index (χ3n) is 5.69. The van der Waals surface area contributed by atoms with Crippen molar-refractivity contribution in [2.45, 2.75) is 52.0 Å². The maximum Gasteiger partial charge on any atom is 0.269 e. The van der Waals surface area contributed by atoms with Gasteiger partial charge in [0.1, 0.15) is 5.82 Å². The van der Waals surface area contributed by atoms with Crippen molar-refractivity contribution in [2.75, 3.05) is 31.1 Å². The molecule has 2 heterocycles. The first-order valence-corrected chi connectivity index (χ1v) is 11.5. The van der Waals surface area contributed by atoms with E-state index in [1.54, 1.807) is 12.1 Å². The number of hydrogen-bond acceptors (Lipinski definition) is 5. The predicted octanol–water partition coefficient (Wildman–Crippen LogP) is 3.85. The van der Waals surface area contributed by atoms with Crippen LogP contribution in [-0.2, 0) is 6.42 Å². The number of nitro groups is 1. The minimum atomic E-state index is -0.364. The average Bonchev–Trinajstić information content (AvgIpc) is 2.80. The molecule has 8 heteroatoms. The number of benzene rings is 1. The van der Waals surface area contributed by atoms with Crippen LogP contribution < -0.4 is 15.5 Å². The van der Waals surface area contributed by atoms with Crippen LogP contribution in [0.25, 0.3) is 0 Å². The number of aryl methyl sites for hydroxylation is 2. The maximum atomic E-state index is 10.7. The fraction of sp³-hybridized carbons (Fsp3) is 0.500. The number of unbranched alkanes of at least 4 members (excludes halogenated alkanes) is 1. The Morgan fingerprint density at radius 2 is 1.94 bits per heavy atom. The van der Waals surface area contributed by atoms with E-state index in [1.165, 1.54) is 5.56 Å². The quantitative estimate of drug-likeness (QED) is 0.203. The Morgan fingerprint density at radius 1 is 1.19 bits per heavy atom. The van der Waals surface area contributed by atoms with Crippen molar-refractivity contribution < 1.29 is 4.92 Å². The summed E-state index contributed by atoms with van der Waals surface area (Å²) in [6.07, 6.45) is 6.92. The van der Waals surface area contributed by atoms with E-state index in [0.717, 1.165) is 75.6 Å². The van der Waals surface area contributed by atoms with E-state index in [2.05, 4.69) is 46.5 Å². The van der Waals surface area contributed by atoms with E-state index >= 15 is 0 Å². The minimum Gasteiger partial charge on any atom is -0.357 e. The second kappa shape index (κ2) is 12.0. The SMILES string of the molecule is CCNC(=NCCCCc1ccc([N+](=O)[O-])cc1)NC1CCN(c2ccc(C)cn2)CC1. The van der Waals surface area contributed by atoms with E-state index in [-0.39, 0.29) is 10.6 Å². The van der Waals surface area contributed by atoms with Crippen LogP contribution in [0.5, 0.6) is 0 Å². The molecule has 0 unspecified atom stereocenters. The summed E-state index contributed by atoms with van der Waals surface area (Å²) in [5, 5.41) is 17.7. The van der Waals surface area contributed by atoms with Crippen molar-refractivity contribution in [2.24, 2.45) is 4.99 Å². The molecular weight excluding hydrogens is 404 g/mol. The van der Waals surface area contributed by atoms with Gasteiger partial charge in [0.05, 0.1) is 4.92 Å². The summed E-state index contributed by atoms with van der Waals surface area (Å²) >= 11 is 0. The fourth-order valence-corrected chi connectivity index (χ4v) is 3.83. The number of nitrogens with one attached hydrogen (secondary N) is 2. The van der Waals surface area contributed by atoms with Gasteiger partial charge >= 0.3 is 0 Å². The molecule has 2 N–H and O–H groups in total. The van der Waals surface area contributed by atoms with Gasteiger partial charge in [-0.3, -0.25) is 15.1 Å². The zero-order chi connectivity index (χ0) is 22.8. The third-order valence-corrected chi connectivity index (χ3v) is 5.69. The summed E-state index contributed by atoms with van der Waals surface area (Å²) in [5.74, 6) is 1.94. The predicted molar refractivity (Wildman–Crippen MR) is 129 cm³/mol. The van der Waals surface area contributed by atoms with Crippen molar-refractivity contribution in [3.05, 3.63) is 63.8 Å². The van der Waals surface area contributed by atoms with E-state index in [4.69, 9.17) is 4.99 Å². The van der Waals surface area contributed by atoms with Crippen LogP contribution in [0.3, 0.4) is 0 Å². The Kier molecular flexibility index (Phi) is 8.83. The number of piperidine rings is 1. The molecule has 0 aliphatic carbocycles. The van der Waals surface area contributed by atoms with Crippen molar-refractivity contribution in [3.63, 3.8) is 0 Å². The highest BCUT2D eigenvalue weighted by molar-refractivity contribution is 5.80. The highest BCUT2D eigenvalue weighted by Crippen LogP contribution is 2.18. The number of rotatable bonds is 9. The molecule has 172 valence electrons. The number of nitro benzene ring substituents is 1. The molecule has 0 bridgehead atoms. The first-order valence-electron chi connectivity index (χ1n) is 11.5. The van der Waals surface area contributed by atoms with Gasteiger partial charge in [0, 0.05) is 50.6 Å². The standard InChI is InChI=1S/C24H34N6O2/c1-3-25-24(26-15-5-4-6-20-8-10-22(11-9-20)30(31)32)28-21-13-16-29(17-14-21)23-12-7-19(2)18-27-23/h7-12,18,21H,3-6,13-17H2,1-2H3,(H2,25,26,28). The van der Waals surface area contributed by atoms with Gasteiger partial charge in [0.15, 0.2) is 5.96 Å². The molecule has 0 radical (unpaired) electrons. The lowest BCUT2D eigenvalue weighted by Gasteiger charge is -2.33. The topological polar surface area (TPSA) is 95.7 Å². The Bertz CT molecular complexity index is 874. The summed E-state index contributed by atoms with van der Waals surface area (Å²) in [6.45, 7) is 7.71. The van der Waals surface area contributed by atoms with Crippen molar-refractivity contribution >= 4 is 17.5 Å². The van der Waals surface area contributed by atoms with Gasteiger partial charge < -0.3 is 15.5 Å². The van der Waals surface area contributed by atoms with Gasteiger partial charge in [-0.15, -0.1) is 0 Å². The number of nitrogens with zero attached hydrogens (tertiary/aromatic N) is 4. The molecule has 0 spiro atoms. The number of pyridine rings is 1. The zero-order valence-electron chi connectivity index (χ0n) is 19.1. The molecule has 0 atom stereocenters. The first-order chi connectivity index (χ1) is 15.5. The van der Waals surface area contributed by atoms with Gasteiger partial charge in [-0.1, -0.05) is 18.2 Å². The van der Waals surface area contributed by atoms with Gasteiger partial charge in [-0.2, -0.15) is 0 Å². The smallest absolute Gasteiger partial charge is 0.269 e. The van der Waals surface area contributed by atoms with Crippen LogP contribution >= 0.6 is 0 Å². The summed E-state index contributed by atoms with van der Waals surface area (Å²) in [7, 11) is 0. The van der Waals surface area contributed by atoms with Crippen LogP contribution in [0.1, 0.15) is 43.7 Å². The lowest BCUT2D eigenvalue weighted by molar-refractivity contribution is -0.384. The highest BCUT2D eigenvalue weighted by Gasteiger charge is 2.20. The molecule has 1 saturated heterocycles. The lowest BCUT2D eigenvalue weighted by atomic mass is 10.1. The van der Waals surface area contributed by atoms with E-state index in [9.17, 15) is 10.1 Å². The van der Waals surface area contributed by atoms with Crippen LogP contribution in [-0.4, -0.2) is 48.1 Å². The molecule has 8 nitrogen and oxygen atoms in total. The number of non-ortho nitro benzene ring substituents is 1. The molecule has 1 fully saturated rings. The monoisotopic (exact) mass is 438 g/mol. The zero-order valence-corrected chi connectivity index (χ0v) is 19.1. The molecule has 1 aliphatic heterocycles. The summed E-state index contributed by atoms with van der Waals surface area (Å²) in [4.78, 5) is 22.0. The molecule has 0 saturated carbocycles. The van der Waals surface area contributed by atoms with Gasteiger partial charge in [-0.25, -0.2) is 4.98 Å². The van der Waals surface area contributed by atoms with Crippen LogP contribution in [0, 0.1) is 17.0 Å². The van der Waals surface area contributed by atoms with Crippen LogP contribution in [0.4, 0.5) is 11.5 Å². The number of guanidine groups is 1. The summed E-state index contributed by atoms with van der Waals surface area (Å²) in [5.41, 5.74) is 2.45. The fourth-order valence-electron chi connectivity index (χ4n) is 3.83. The average molecular weight is 439 g/mol. The number of aromatic nitrogens is 1.